The van der Waals surface area contributed by atoms with Crippen LogP contribution in [0, 0.1) is 11.8 Å². The van der Waals surface area contributed by atoms with E-state index in [-0.39, 0.29) is 30.9 Å². The normalized spacial score (nSPS) is 16.4. The zero-order valence-electron chi connectivity index (χ0n) is 14.7. The van der Waals surface area contributed by atoms with E-state index in [2.05, 4.69) is 0 Å². The summed E-state index contributed by atoms with van der Waals surface area (Å²) in [5.74, 6) is -0.748. The zero-order valence-corrected chi connectivity index (χ0v) is 14.7. The minimum atomic E-state index is -0.415. The third-order valence-electron chi connectivity index (χ3n) is 3.91. The summed E-state index contributed by atoms with van der Waals surface area (Å²) in [5, 5.41) is 0. The molecule has 1 aromatic carbocycles. The standard InChI is InChI=1S/C18H28O5/c1-6-22-18(19)14(3)16(23-12-20-4)13(2)17(21-5)15-10-8-7-9-11-15/h7-11,13-14,16-17H,6,12H2,1-5H3/t13-,14-,16+,17-/m0/s1. The first-order chi connectivity index (χ1) is 11.1. The van der Waals surface area contributed by atoms with E-state index in [1.54, 1.807) is 21.1 Å². The van der Waals surface area contributed by atoms with Gasteiger partial charge in [0.1, 0.15) is 6.79 Å². The average molecular weight is 324 g/mol. The predicted molar refractivity (Wildman–Crippen MR) is 87.9 cm³/mol. The van der Waals surface area contributed by atoms with Crippen LogP contribution >= 0.6 is 0 Å². The number of methoxy groups -OCH3 is 2. The predicted octanol–water partition coefficient (Wildman–Crippen LogP) is 3.20. The van der Waals surface area contributed by atoms with Gasteiger partial charge >= 0.3 is 5.97 Å². The first kappa shape index (κ1) is 19.6. The highest BCUT2D eigenvalue weighted by molar-refractivity contribution is 5.72. The second kappa shape index (κ2) is 10.4. The molecule has 0 aliphatic rings. The van der Waals surface area contributed by atoms with Crippen LogP contribution in [0.4, 0.5) is 0 Å². The number of rotatable bonds is 10. The molecule has 0 radical (unpaired) electrons. The van der Waals surface area contributed by atoms with E-state index in [0.29, 0.717) is 6.61 Å². The number of esters is 1. The van der Waals surface area contributed by atoms with Gasteiger partial charge < -0.3 is 18.9 Å². The summed E-state index contributed by atoms with van der Waals surface area (Å²) in [6, 6.07) is 9.91. The SMILES string of the molecule is CCOC(=O)[C@@H](C)[C@H](OCOC)[C@H](C)[C@H](OC)c1ccccc1. The van der Waals surface area contributed by atoms with Gasteiger partial charge in [-0.3, -0.25) is 4.79 Å². The Bertz CT molecular complexity index is 448. The van der Waals surface area contributed by atoms with Crippen LogP contribution in [0.3, 0.4) is 0 Å². The summed E-state index contributed by atoms with van der Waals surface area (Å²) in [4.78, 5) is 12.1. The third-order valence-corrected chi connectivity index (χ3v) is 3.91. The molecule has 0 bridgehead atoms. The molecule has 0 amide bonds. The Hall–Kier alpha value is -1.43. The molecule has 0 heterocycles. The van der Waals surface area contributed by atoms with E-state index in [0.717, 1.165) is 5.56 Å². The summed E-state index contributed by atoms with van der Waals surface area (Å²) in [6.45, 7) is 6.08. The van der Waals surface area contributed by atoms with Gasteiger partial charge in [0.25, 0.3) is 0 Å². The van der Waals surface area contributed by atoms with Gasteiger partial charge in [-0.25, -0.2) is 0 Å². The lowest BCUT2D eigenvalue weighted by molar-refractivity contribution is -0.166. The molecule has 1 aromatic rings. The number of benzene rings is 1. The lowest BCUT2D eigenvalue weighted by Gasteiger charge is -2.33. The van der Waals surface area contributed by atoms with Crippen molar-refractivity contribution >= 4 is 5.97 Å². The van der Waals surface area contributed by atoms with Crippen LogP contribution in [0.1, 0.15) is 32.4 Å². The van der Waals surface area contributed by atoms with Crippen molar-refractivity contribution in [2.24, 2.45) is 11.8 Å². The number of carbonyl (C=O) groups excluding carboxylic acids is 1. The Morgan fingerprint density at radius 1 is 1.13 bits per heavy atom. The largest absolute Gasteiger partial charge is 0.466 e. The van der Waals surface area contributed by atoms with E-state index >= 15 is 0 Å². The number of hydrogen-bond donors (Lipinski definition) is 0. The summed E-state index contributed by atoms with van der Waals surface area (Å²) in [6.07, 6.45) is -0.561. The molecule has 23 heavy (non-hydrogen) atoms. The Balaban J connectivity index is 2.96. The van der Waals surface area contributed by atoms with E-state index < -0.39 is 5.92 Å². The van der Waals surface area contributed by atoms with Gasteiger partial charge in [0.2, 0.25) is 0 Å². The molecule has 0 aromatic heterocycles. The van der Waals surface area contributed by atoms with Crippen molar-refractivity contribution in [2.45, 2.75) is 33.0 Å². The molecule has 0 saturated carbocycles. The molecule has 5 nitrogen and oxygen atoms in total. The summed E-state index contributed by atoms with van der Waals surface area (Å²) in [5.41, 5.74) is 1.05. The molecule has 5 heteroatoms. The molecule has 1 rings (SSSR count). The summed E-state index contributed by atoms with van der Waals surface area (Å²) < 4.78 is 21.6. The van der Waals surface area contributed by atoms with Gasteiger partial charge in [-0.15, -0.1) is 0 Å². The molecule has 0 aliphatic heterocycles. The second-order valence-electron chi connectivity index (χ2n) is 5.50. The maximum Gasteiger partial charge on any atom is 0.311 e. The van der Waals surface area contributed by atoms with E-state index in [1.807, 2.05) is 44.2 Å². The maximum atomic E-state index is 12.1. The molecule has 130 valence electrons. The molecule has 0 spiro atoms. The highest BCUT2D eigenvalue weighted by Gasteiger charge is 2.35. The number of ether oxygens (including phenoxy) is 4. The van der Waals surface area contributed by atoms with Gasteiger partial charge in [-0.2, -0.15) is 0 Å². The fraction of sp³-hybridized carbons (Fsp3) is 0.611. The molecule has 0 saturated heterocycles. The zero-order chi connectivity index (χ0) is 17.2. The summed E-state index contributed by atoms with van der Waals surface area (Å²) >= 11 is 0. The van der Waals surface area contributed by atoms with Crippen molar-refractivity contribution in [2.75, 3.05) is 27.6 Å². The van der Waals surface area contributed by atoms with Crippen molar-refractivity contribution < 1.29 is 23.7 Å². The van der Waals surface area contributed by atoms with Crippen LogP contribution in [0.2, 0.25) is 0 Å². The quantitative estimate of drug-likeness (QED) is 0.489. The first-order valence-corrected chi connectivity index (χ1v) is 7.91. The smallest absolute Gasteiger partial charge is 0.311 e. The van der Waals surface area contributed by atoms with Crippen molar-refractivity contribution in [1.29, 1.82) is 0 Å². The van der Waals surface area contributed by atoms with Crippen LogP contribution in [0.5, 0.6) is 0 Å². The van der Waals surface area contributed by atoms with Crippen LogP contribution < -0.4 is 0 Å². The van der Waals surface area contributed by atoms with Crippen molar-refractivity contribution in [3.63, 3.8) is 0 Å². The van der Waals surface area contributed by atoms with Crippen LogP contribution in [0.25, 0.3) is 0 Å². The van der Waals surface area contributed by atoms with Gasteiger partial charge in [0.15, 0.2) is 0 Å². The van der Waals surface area contributed by atoms with E-state index in [9.17, 15) is 4.79 Å². The first-order valence-electron chi connectivity index (χ1n) is 7.91. The molecular formula is C18H28O5. The summed E-state index contributed by atoms with van der Waals surface area (Å²) in [7, 11) is 3.22. The molecule has 0 fully saturated rings. The van der Waals surface area contributed by atoms with Gasteiger partial charge in [0.05, 0.1) is 24.7 Å². The monoisotopic (exact) mass is 324 g/mol. The Morgan fingerprint density at radius 3 is 2.30 bits per heavy atom. The maximum absolute atomic E-state index is 12.1. The van der Waals surface area contributed by atoms with E-state index in [1.165, 1.54) is 0 Å². The topological polar surface area (TPSA) is 54.0 Å². The molecule has 0 unspecified atom stereocenters. The Kier molecular flexibility index (Phi) is 8.84. The van der Waals surface area contributed by atoms with Gasteiger partial charge in [-0.05, 0) is 19.4 Å². The second-order valence-corrected chi connectivity index (χ2v) is 5.50. The lowest BCUT2D eigenvalue weighted by atomic mass is 9.86. The molecule has 0 N–H and O–H groups in total. The van der Waals surface area contributed by atoms with E-state index in [4.69, 9.17) is 18.9 Å². The number of hydrogen-bond acceptors (Lipinski definition) is 5. The molecule has 0 aliphatic carbocycles. The Labute approximate surface area is 138 Å². The van der Waals surface area contributed by atoms with Crippen molar-refractivity contribution in [3.05, 3.63) is 35.9 Å². The highest BCUT2D eigenvalue weighted by Crippen LogP contribution is 2.32. The van der Waals surface area contributed by atoms with Crippen molar-refractivity contribution in [1.82, 2.24) is 0 Å². The fourth-order valence-corrected chi connectivity index (χ4v) is 2.78. The van der Waals surface area contributed by atoms with Crippen molar-refractivity contribution in [3.8, 4) is 0 Å². The number of carbonyl (C=O) groups is 1. The van der Waals surface area contributed by atoms with Crippen LogP contribution in [-0.2, 0) is 23.7 Å². The average Bonchev–Trinajstić information content (AvgIpc) is 2.57. The van der Waals surface area contributed by atoms with Gasteiger partial charge in [-0.1, -0.05) is 37.3 Å². The fourth-order valence-electron chi connectivity index (χ4n) is 2.78. The Morgan fingerprint density at radius 2 is 1.78 bits per heavy atom. The van der Waals surface area contributed by atoms with Crippen LogP contribution in [0.15, 0.2) is 30.3 Å². The molecular weight excluding hydrogens is 296 g/mol. The molecule has 4 atom stereocenters. The minimum Gasteiger partial charge on any atom is -0.466 e. The van der Waals surface area contributed by atoms with Crippen LogP contribution in [-0.4, -0.2) is 39.7 Å². The lowest BCUT2D eigenvalue weighted by Crippen LogP contribution is -2.38. The van der Waals surface area contributed by atoms with Gasteiger partial charge in [0, 0.05) is 20.1 Å². The third kappa shape index (κ3) is 5.61. The minimum absolute atomic E-state index is 0.0584. The highest BCUT2D eigenvalue weighted by atomic mass is 16.7.